The number of piperidine rings is 1. The Balaban J connectivity index is 0.000000505. The van der Waals surface area contributed by atoms with E-state index in [1.165, 1.54) is 17.3 Å². The van der Waals surface area contributed by atoms with Gasteiger partial charge in [0.25, 0.3) is 5.91 Å². The summed E-state index contributed by atoms with van der Waals surface area (Å²) in [7, 11) is 4.01. The molecule has 1 spiro atoms. The van der Waals surface area contributed by atoms with Gasteiger partial charge in [0.2, 0.25) is 5.91 Å². The second-order valence-electron chi connectivity index (χ2n) is 9.85. The van der Waals surface area contributed by atoms with Gasteiger partial charge in [-0.25, -0.2) is 4.79 Å². The molecular weight excluding hydrogens is 503 g/mol. The largest absolute Gasteiger partial charge is 0.490 e. The van der Waals surface area contributed by atoms with Crippen molar-refractivity contribution in [3.8, 4) is 0 Å². The molecule has 2 aromatic rings. The Hall–Kier alpha value is -3.54. The summed E-state index contributed by atoms with van der Waals surface area (Å²) in [5, 5.41) is 17.8. The van der Waals surface area contributed by atoms with Crippen LogP contribution < -0.4 is 5.32 Å². The van der Waals surface area contributed by atoms with Gasteiger partial charge in [-0.2, -0.15) is 23.4 Å². The first-order valence-corrected chi connectivity index (χ1v) is 12.3. The Morgan fingerprint density at radius 1 is 1.13 bits per heavy atom. The summed E-state index contributed by atoms with van der Waals surface area (Å²) in [5.74, 6) is -2.38. The molecular formula is C26H32F3N5O4. The maximum Gasteiger partial charge on any atom is 0.490 e. The van der Waals surface area contributed by atoms with Gasteiger partial charge in [0.1, 0.15) is 0 Å². The van der Waals surface area contributed by atoms with Crippen molar-refractivity contribution in [2.45, 2.75) is 43.2 Å². The molecule has 1 unspecified atom stereocenters. The second kappa shape index (κ2) is 12.3. The SMILES string of the molecule is CN(C)CCNC(=O)CC1CC2(CCN(C(=O)c3ccnnc3)CC2)c2ccccc21.O=C(O)C(F)(F)F. The molecule has 1 aromatic carbocycles. The molecule has 4 rings (SSSR count). The summed E-state index contributed by atoms with van der Waals surface area (Å²) in [6, 6.07) is 10.3. The molecule has 2 aliphatic rings. The minimum Gasteiger partial charge on any atom is -0.475 e. The molecule has 1 saturated heterocycles. The molecule has 0 radical (unpaired) electrons. The minimum atomic E-state index is -5.08. The van der Waals surface area contributed by atoms with Gasteiger partial charge in [0.15, 0.2) is 0 Å². The van der Waals surface area contributed by atoms with Gasteiger partial charge in [-0.15, -0.1) is 0 Å². The van der Waals surface area contributed by atoms with Crippen LogP contribution in [-0.4, -0.2) is 89.3 Å². The highest BCUT2D eigenvalue weighted by Crippen LogP contribution is 2.52. The van der Waals surface area contributed by atoms with Crippen LogP contribution in [0.2, 0.25) is 0 Å². The van der Waals surface area contributed by atoms with Gasteiger partial charge in [0, 0.05) is 32.6 Å². The average molecular weight is 536 g/mol. The van der Waals surface area contributed by atoms with Crippen LogP contribution in [0.1, 0.15) is 53.1 Å². The summed E-state index contributed by atoms with van der Waals surface area (Å²) in [6.07, 6.45) is 1.35. The number of benzene rings is 1. The lowest BCUT2D eigenvalue weighted by atomic mass is 9.73. The zero-order chi connectivity index (χ0) is 27.9. The molecule has 12 heteroatoms. The van der Waals surface area contributed by atoms with Crippen LogP contribution in [0.3, 0.4) is 0 Å². The summed E-state index contributed by atoms with van der Waals surface area (Å²) in [4.78, 5) is 38.3. The fourth-order valence-corrected chi connectivity index (χ4v) is 5.14. The lowest BCUT2D eigenvalue weighted by molar-refractivity contribution is -0.192. The van der Waals surface area contributed by atoms with Crippen molar-refractivity contribution in [1.29, 1.82) is 0 Å². The molecule has 2 N–H and O–H groups in total. The lowest BCUT2D eigenvalue weighted by Crippen LogP contribution is -2.44. The number of nitrogens with one attached hydrogen (secondary N) is 1. The molecule has 1 atom stereocenters. The van der Waals surface area contributed by atoms with Crippen LogP contribution in [0, 0.1) is 0 Å². The fraction of sp³-hybridized carbons (Fsp3) is 0.500. The monoisotopic (exact) mass is 535 g/mol. The van der Waals surface area contributed by atoms with Crippen molar-refractivity contribution in [2.24, 2.45) is 0 Å². The number of amides is 2. The molecule has 1 fully saturated rings. The van der Waals surface area contributed by atoms with Crippen LogP contribution in [0.4, 0.5) is 13.2 Å². The number of carbonyl (C=O) groups is 3. The Kier molecular flexibility index (Phi) is 9.42. The number of aliphatic carboxylic acids is 1. The number of likely N-dealkylation sites (N-methyl/N-ethyl adjacent to an activating group) is 1. The number of alkyl halides is 3. The zero-order valence-electron chi connectivity index (χ0n) is 21.4. The lowest BCUT2D eigenvalue weighted by Gasteiger charge is -2.40. The van der Waals surface area contributed by atoms with Crippen molar-refractivity contribution < 1.29 is 32.7 Å². The van der Waals surface area contributed by atoms with Crippen LogP contribution in [0.15, 0.2) is 42.7 Å². The normalized spacial score (nSPS) is 17.9. The van der Waals surface area contributed by atoms with Crippen LogP contribution >= 0.6 is 0 Å². The van der Waals surface area contributed by atoms with Gasteiger partial charge in [-0.3, -0.25) is 9.59 Å². The van der Waals surface area contributed by atoms with Gasteiger partial charge < -0.3 is 20.2 Å². The number of nitrogens with zero attached hydrogens (tertiary/aromatic N) is 4. The molecule has 9 nitrogen and oxygen atoms in total. The van der Waals surface area contributed by atoms with E-state index >= 15 is 0 Å². The molecule has 1 aliphatic carbocycles. The highest BCUT2D eigenvalue weighted by atomic mass is 19.4. The van der Waals surface area contributed by atoms with E-state index in [-0.39, 0.29) is 23.1 Å². The van der Waals surface area contributed by atoms with E-state index in [0.717, 1.165) is 38.9 Å². The second-order valence-corrected chi connectivity index (χ2v) is 9.85. The predicted molar refractivity (Wildman–Crippen MR) is 133 cm³/mol. The Bertz CT molecular complexity index is 1120. The predicted octanol–water partition coefficient (Wildman–Crippen LogP) is 2.84. The number of hydrogen-bond acceptors (Lipinski definition) is 6. The Morgan fingerprint density at radius 3 is 2.37 bits per heavy atom. The number of carboxylic acids is 1. The molecule has 0 saturated carbocycles. The number of aromatic nitrogens is 2. The van der Waals surface area contributed by atoms with Gasteiger partial charge in [-0.05, 0) is 61.9 Å². The summed E-state index contributed by atoms with van der Waals surface area (Å²) in [5.41, 5.74) is 3.32. The Labute approximate surface area is 219 Å². The number of halogens is 3. The molecule has 1 aromatic heterocycles. The standard InChI is InChI=1S/C24H31N5O2.C2HF3O2/c1-28(2)14-11-25-22(30)15-19-16-24(21-6-4-3-5-20(19)21)8-12-29(13-9-24)23(31)18-7-10-26-27-17-18;3-2(4,5)1(6)7/h3-7,10,17,19H,8-9,11-16H2,1-2H3,(H,25,30);(H,6,7). The molecule has 1 aliphatic heterocycles. The van der Waals surface area contributed by atoms with Crippen molar-refractivity contribution >= 4 is 17.8 Å². The van der Waals surface area contributed by atoms with Gasteiger partial charge in [-0.1, -0.05) is 24.3 Å². The third kappa shape index (κ3) is 7.27. The first kappa shape index (κ1) is 29.0. The summed E-state index contributed by atoms with van der Waals surface area (Å²) >= 11 is 0. The molecule has 2 heterocycles. The molecule has 38 heavy (non-hydrogen) atoms. The van der Waals surface area contributed by atoms with E-state index in [9.17, 15) is 22.8 Å². The van der Waals surface area contributed by atoms with Crippen molar-refractivity contribution in [3.63, 3.8) is 0 Å². The van der Waals surface area contributed by atoms with E-state index in [1.807, 2.05) is 19.0 Å². The van der Waals surface area contributed by atoms with Crippen LogP contribution in [0.5, 0.6) is 0 Å². The van der Waals surface area contributed by atoms with Crippen molar-refractivity contribution in [1.82, 2.24) is 25.3 Å². The van der Waals surface area contributed by atoms with Crippen LogP contribution in [-0.2, 0) is 15.0 Å². The highest BCUT2D eigenvalue weighted by molar-refractivity contribution is 5.93. The zero-order valence-corrected chi connectivity index (χ0v) is 21.4. The van der Waals surface area contributed by atoms with E-state index in [0.29, 0.717) is 18.5 Å². The number of carbonyl (C=O) groups excluding carboxylic acids is 2. The first-order chi connectivity index (χ1) is 17.9. The molecule has 206 valence electrons. The summed E-state index contributed by atoms with van der Waals surface area (Å²) < 4.78 is 31.7. The van der Waals surface area contributed by atoms with Crippen molar-refractivity contribution in [3.05, 3.63) is 59.4 Å². The molecule has 0 bridgehead atoms. The van der Waals surface area contributed by atoms with E-state index < -0.39 is 12.1 Å². The number of fused-ring (bicyclic) bond motifs is 2. The van der Waals surface area contributed by atoms with Gasteiger partial charge in [0.05, 0.1) is 18.0 Å². The fourth-order valence-electron chi connectivity index (χ4n) is 5.14. The minimum absolute atomic E-state index is 0.0212. The number of likely N-dealkylation sites (tertiary alicyclic amines) is 1. The third-order valence-corrected chi connectivity index (χ3v) is 7.00. The maximum atomic E-state index is 12.8. The van der Waals surface area contributed by atoms with Gasteiger partial charge >= 0.3 is 12.1 Å². The average Bonchev–Trinajstić information content (AvgIpc) is 3.17. The number of rotatable bonds is 6. The van der Waals surface area contributed by atoms with Crippen LogP contribution in [0.25, 0.3) is 0 Å². The highest BCUT2D eigenvalue weighted by Gasteiger charge is 2.46. The number of carboxylic acid groups (broad SMARTS) is 1. The maximum absolute atomic E-state index is 12.8. The topological polar surface area (TPSA) is 116 Å². The quantitative estimate of drug-likeness (QED) is 0.585. The summed E-state index contributed by atoms with van der Waals surface area (Å²) in [6.45, 7) is 2.95. The van der Waals surface area contributed by atoms with E-state index in [2.05, 4.69) is 44.7 Å². The molecule has 2 amide bonds. The van der Waals surface area contributed by atoms with E-state index in [1.54, 1.807) is 12.3 Å². The number of hydrogen-bond donors (Lipinski definition) is 2. The van der Waals surface area contributed by atoms with Crippen molar-refractivity contribution in [2.75, 3.05) is 40.3 Å². The Morgan fingerprint density at radius 2 is 1.79 bits per heavy atom. The third-order valence-electron chi connectivity index (χ3n) is 7.00. The smallest absolute Gasteiger partial charge is 0.475 e. The van der Waals surface area contributed by atoms with E-state index in [4.69, 9.17) is 9.90 Å². The first-order valence-electron chi connectivity index (χ1n) is 12.3.